The smallest absolute Gasteiger partial charge is 0.108 e. The second-order valence-corrected chi connectivity index (χ2v) is 11.4. The maximum Gasteiger partial charge on any atom is 0.108 e. The van der Waals surface area contributed by atoms with Gasteiger partial charge in [-0.2, -0.15) is 0 Å². The lowest BCUT2D eigenvalue weighted by Gasteiger charge is -2.33. The largest absolute Gasteiger partial charge is 0.338 e. The van der Waals surface area contributed by atoms with E-state index in [0.717, 1.165) is 0 Å². The summed E-state index contributed by atoms with van der Waals surface area (Å²) >= 11 is 1.81. The molecule has 6 aromatic rings. The summed E-state index contributed by atoms with van der Waals surface area (Å²) < 4.78 is 2.40. The van der Waals surface area contributed by atoms with E-state index in [4.69, 9.17) is 0 Å². The second kappa shape index (κ2) is 8.36. The maximum atomic E-state index is 2.62. The lowest BCUT2D eigenvalue weighted by Crippen LogP contribution is -2.32. The van der Waals surface area contributed by atoms with Crippen LogP contribution in [-0.4, -0.2) is 10.6 Å². The molecule has 0 N–H and O–H groups in total. The lowest BCUT2D eigenvalue weighted by molar-refractivity contribution is 0.402. The van der Waals surface area contributed by atoms with E-state index in [1.807, 2.05) is 11.3 Å². The van der Waals surface area contributed by atoms with Crippen LogP contribution >= 0.6 is 11.3 Å². The summed E-state index contributed by atoms with van der Waals surface area (Å²) in [6.45, 7) is 0. The molecule has 0 spiro atoms. The van der Waals surface area contributed by atoms with E-state index >= 15 is 0 Å². The number of anilines is 2. The maximum absolute atomic E-state index is 2.62. The van der Waals surface area contributed by atoms with E-state index in [1.54, 1.807) is 5.56 Å². The van der Waals surface area contributed by atoms with Gasteiger partial charge in [0.2, 0.25) is 0 Å². The van der Waals surface area contributed by atoms with Crippen molar-refractivity contribution in [2.24, 2.45) is 0 Å². The Hall–Kier alpha value is -3.82. The highest BCUT2D eigenvalue weighted by Gasteiger charge is 2.40. The SMILES string of the molecule is c1ccc2c(c1)C1CCCCC1N2c1ccc(-c2ccc(-n3c4ccccc4c4ccsc43)cc2)cc1. The third-order valence-corrected chi connectivity index (χ3v) is 9.44. The van der Waals surface area contributed by atoms with Crippen molar-refractivity contribution in [1.82, 2.24) is 4.57 Å². The monoisotopic (exact) mass is 496 g/mol. The summed E-state index contributed by atoms with van der Waals surface area (Å²) in [5.74, 6) is 0.678. The molecule has 0 radical (unpaired) electrons. The van der Waals surface area contributed by atoms with Gasteiger partial charge in [-0.3, -0.25) is 0 Å². The highest BCUT2D eigenvalue weighted by atomic mass is 32.1. The summed E-state index contributed by atoms with van der Waals surface area (Å²) in [6.07, 6.45) is 5.30. The molecule has 3 heterocycles. The van der Waals surface area contributed by atoms with Crippen molar-refractivity contribution in [2.45, 2.75) is 37.6 Å². The molecule has 1 aliphatic heterocycles. The molecular formula is C34H28N2S. The Kier molecular flexibility index (Phi) is 4.81. The Morgan fingerprint density at radius 3 is 2.16 bits per heavy atom. The van der Waals surface area contributed by atoms with E-state index in [9.17, 15) is 0 Å². The van der Waals surface area contributed by atoms with Gasteiger partial charge in [0.05, 0.1) is 5.52 Å². The molecule has 0 bridgehead atoms. The average Bonchev–Trinajstić information content (AvgIpc) is 3.65. The van der Waals surface area contributed by atoms with Crippen LogP contribution in [0, 0.1) is 0 Å². The first-order valence-corrected chi connectivity index (χ1v) is 14.3. The Bertz CT molecular complexity index is 1740. The Morgan fingerprint density at radius 1 is 0.622 bits per heavy atom. The molecular weight excluding hydrogens is 468 g/mol. The first-order chi connectivity index (χ1) is 18.4. The Labute approximate surface area is 221 Å². The van der Waals surface area contributed by atoms with Gasteiger partial charge in [-0.25, -0.2) is 0 Å². The first kappa shape index (κ1) is 21.3. The summed E-state index contributed by atoms with van der Waals surface area (Å²) in [5, 5.41) is 4.85. The zero-order valence-corrected chi connectivity index (χ0v) is 21.5. The van der Waals surface area contributed by atoms with E-state index in [2.05, 4.69) is 118 Å². The number of aromatic nitrogens is 1. The predicted octanol–water partition coefficient (Wildman–Crippen LogP) is 9.69. The highest BCUT2D eigenvalue weighted by Crippen LogP contribution is 2.51. The van der Waals surface area contributed by atoms with Gasteiger partial charge in [0.1, 0.15) is 4.83 Å². The molecule has 2 unspecified atom stereocenters. The fourth-order valence-electron chi connectivity index (χ4n) is 6.87. The van der Waals surface area contributed by atoms with Crippen molar-refractivity contribution >= 4 is 43.8 Å². The van der Waals surface area contributed by atoms with Crippen molar-refractivity contribution in [3.63, 3.8) is 0 Å². The molecule has 0 amide bonds. The summed E-state index contributed by atoms with van der Waals surface area (Å²) in [4.78, 5) is 3.93. The zero-order chi connectivity index (χ0) is 24.3. The summed E-state index contributed by atoms with van der Waals surface area (Å²) in [6, 6.07) is 38.9. The molecule has 2 atom stereocenters. The Morgan fingerprint density at radius 2 is 1.32 bits per heavy atom. The Balaban J connectivity index is 1.13. The number of rotatable bonds is 3. The number of fused-ring (bicyclic) bond motifs is 6. The van der Waals surface area contributed by atoms with E-state index in [-0.39, 0.29) is 0 Å². The van der Waals surface area contributed by atoms with Crippen molar-refractivity contribution in [3.8, 4) is 16.8 Å². The fourth-order valence-corrected chi connectivity index (χ4v) is 7.82. The topological polar surface area (TPSA) is 8.17 Å². The van der Waals surface area contributed by atoms with Crippen molar-refractivity contribution < 1.29 is 0 Å². The van der Waals surface area contributed by atoms with Crippen LogP contribution in [-0.2, 0) is 0 Å². The molecule has 2 nitrogen and oxygen atoms in total. The molecule has 180 valence electrons. The lowest BCUT2D eigenvalue weighted by atomic mass is 9.82. The molecule has 8 rings (SSSR count). The van der Waals surface area contributed by atoms with Gasteiger partial charge in [-0.1, -0.05) is 73.5 Å². The van der Waals surface area contributed by atoms with Crippen LogP contribution in [0.25, 0.3) is 37.9 Å². The third-order valence-electron chi connectivity index (χ3n) is 8.54. The van der Waals surface area contributed by atoms with Crippen molar-refractivity contribution in [3.05, 3.63) is 114 Å². The summed E-state index contributed by atoms with van der Waals surface area (Å²) in [5.41, 5.74) is 9.29. The summed E-state index contributed by atoms with van der Waals surface area (Å²) in [7, 11) is 0. The van der Waals surface area contributed by atoms with Gasteiger partial charge in [-0.05, 0) is 77.4 Å². The van der Waals surface area contributed by atoms with Gasteiger partial charge in [0.25, 0.3) is 0 Å². The van der Waals surface area contributed by atoms with Crippen molar-refractivity contribution in [1.29, 1.82) is 0 Å². The second-order valence-electron chi connectivity index (χ2n) is 10.5. The van der Waals surface area contributed by atoms with E-state index in [0.29, 0.717) is 12.0 Å². The van der Waals surface area contributed by atoms with Gasteiger partial charge in [0, 0.05) is 39.8 Å². The zero-order valence-electron chi connectivity index (χ0n) is 20.7. The molecule has 2 aliphatic rings. The van der Waals surface area contributed by atoms with Gasteiger partial charge in [-0.15, -0.1) is 11.3 Å². The number of hydrogen-bond donors (Lipinski definition) is 0. The molecule has 3 heteroatoms. The van der Waals surface area contributed by atoms with Crippen LogP contribution in [0.5, 0.6) is 0 Å². The van der Waals surface area contributed by atoms with E-state index in [1.165, 1.54) is 75.0 Å². The first-order valence-electron chi connectivity index (χ1n) is 13.4. The molecule has 1 saturated carbocycles. The average molecular weight is 497 g/mol. The van der Waals surface area contributed by atoms with Crippen LogP contribution in [0.2, 0.25) is 0 Å². The van der Waals surface area contributed by atoms with E-state index < -0.39 is 0 Å². The number of hydrogen-bond acceptors (Lipinski definition) is 2. The number of nitrogens with zero attached hydrogens (tertiary/aromatic N) is 2. The minimum Gasteiger partial charge on any atom is -0.338 e. The number of para-hydroxylation sites is 2. The van der Waals surface area contributed by atoms with Crippen LogP contribution in [0.3, 0.4) is 0 Å². The number of benzene rings is 4. The van der Waals surface area contributed by atoms with Gasteiger partial charge < -0.3 is 9.47 Å². The highest BCUT2D eigenvalue weighted by molar-refractivity contribution is 7.17. The van der Waals surface area contributed by atoms with Crippen molar-refractivity contribution in [2.75, 3.05) is 4.90 Å². The minimum atomic E-state index is 0.599. The quantitative estimate of drug-likeness (QED) is 0.237. The minimum absolute atomic E-state index is 0.599. The molecule has 1 fully saturated rings. The van der Waals surface area contributed by atoms with Crippen LogP contribution in [0.4, 0.5) is 11.4 Å². The number of thiophene rings is 1. The molecule has 0 saturated heterocycles. The fraction of sp³-hybridized carbons (Fsp3) is 0.176. The predicted molar refractivity (Wildman–Crippen MR) is 158 cm³/mol. The third kappa shape index (κ3) is 3.24. The molecule has 2 aromatic heterocycles. The normalized spacial score (nSPS) is 18.9. The van der Waals surface area contributed by atoms with Gasteiger partial charge >= 0.3 is 0 Å². The van der Waals surface area contributed by atoms with Crippen LogP contribution < -0.4 is 4.90 Å². The standard InChI is InChI=1S/C34H28N2S/c1-4-10-31-27(7-1)28-8-2-5-11-32(28)35(31)25-17-13-23(14-18-25)24-15-19-26(20-16-24)36-33-12-6-3-9-29(33)30-21-22-37-34(30)36/h1,3-4,6-7,9-10,12-22,28,32H,2,5,8,11H2. The molecule has 1 aliphatic carbocycles. The molecule has 37 heavy (non-hydrogen) atoms. The van der Waals surface area contributed by atoms with Gasteiger partial charge in [0.15, 0.2) is 0 Å². The molecule has 4 aromatic carbocycles. The van der Waals surface area contributed by atoms with Crippen LogP contribution in [0.15, 0.2) is 109 Å². The van der Waals surface area contributed by atoms with Crippen LogP contribution in [0.1, 0.15) is 37.2 Å².